The Morgan fingerprint density at radius 2 is 1.58 bits per heavy atom. The Kier molecular flexibility index (Phi) is 5.14. The van der Waals surface area contributed by atoms with E-state index < -0.39 is 0 Å². The van der Waals surface area contributed by atoms with Crippen molar-refractivity contribution >= 4 is 16.7 Å². The summed E-state index contributed by atoms with van der Waals surface area (Å²) in [6.07, 6.45) is 3.42. The topological polar surface area (TPSA) is 79.4 Å². The van der Waals surface area contributed by atoms with E-state index in [0.29, 0.717) is 11.5 Å². The first-order valence-corrected chi connectivity index (χ1v) is 11.5. The van der Waals surface area contributed by atoms with E-state index in [-0.39, 0.29) is 0 Å². The molecule has 0 saturated heterocycles. The van der Waals surface area contributed by atoms with Crippen molar-refractivity contribution in [1.82, 2.24) is 29.1 Å². The molecule has 4 aromatic heterocycles. The summed E-state index contributed by atoms with van der Waals surface area (Å²) in [4.78, 5) is 13.4. The summed E-state index contributed by atoms with van der Waals surface area (Å²) < 4.78 is 14.9. The van der Waals surface area contributed by atoms with Gasteiger partial charge in [-0.15, -0.1) is 0 Å². The molecular formula is C28H24N6O2. The molecule has 4 heterocycles. The molecule has 8 nitrogen and oxygen atoms in total. The Bertz CT molecular complexity index is 1730. The van der Waals surface area contributed by atoms with E-state index in [4.69, 9.17) is 19.6 Å². The number of aryl methyl sites for hydroxylation is 2. The van der Waals surface area contributed by atoms with Gasteiger partial charge in [0.15, 0.2) is 17.1 Å². The first kappa shape index (κ1) is 21.8. The van der Waals surface area contributed by atoms with Gasteiger partial charge in [-0.2, -0.15) is 5.10 Å². The normalized spacial score (nSPS) is 11.3. The molecule has 0 N–H and O–H groups in total. The van der Waals surface area contributed by atoms with Crippen LogP contribution < -0.4 is 9.47 Å². The highest BCUT2D eigenvalue weighted by atomic mass is 16.5. The number of fused-ring (bicyclic) bond motifs is 2. The van der Waals surface area contributed by atoms with Gasteiger partial charge in [0.05, 0.1) is 31.3 Å². The SMILES string of the molecule is COc1ccc(-c2ccc3nc(C)c(-c4ccc(-n5c(C)cc6cncnc65)cc4)n3n2)cc1OC. The molecule has 0 spiro atoms. The molecule has 0 radical (unpaired) electrons. The largest absolute Gasteiger partial charge is 0.493 e. The van der Waals surface area contributed by atoms with E-state index >= 15 is 0 Å². The third-order valence-electron chi connectivity index (χ3n) is 6.38. The smallest absolute Gasteiger partial charge is 0.161 e. The molecule has 0 fully saturated rings. The van der Waals surface area contributed by atoms with Crippen molar-refractivity contribution in [2.24, 2.45) is 0 Å². The number of methoxy groups -OCH3 is 2. The van der Waals surface area contributed by atoms with Gasteiger partial charge in [-0.25, -0.2) is 19.5 Å². The molecule has 0 saturated carbocycles. The fraction of sp³-hybridized carbons (Fsp3) is 0.143. The second-order valence-corrected chi connectivity index (χ2v) is 8.57. The second kappa shape index (κ2) is 8.49. The van der Waals surface area contributed by atoms with Gasteiger partial charge in [0.2, 0.25) is 0 Å². The van der Waals surface area contributed by atoms with E-state index in [9.17, 15) is 0 Å². The van der Waals surface area contributed by atoms with Gasteiger partial charge in [-0.05, 0) is 62.4 Å². The summed E-state index contributed by atoms with van der Waals surface area (Å²) in [6.45, 7) is 4.08. The summed E-state index contributed by atoms with van der Waals surface area (Å²) in [7, 11) is 3.26. The fourth-order valence-electron chi connectivity index (χ4n) is 4.70. The number of hydrogen-bond acceptors (Lipinski definition) is 6. The lowest BCUT2D eigenvalue weighted by Crippen LogP contribution is -1.99. The van der Waals surface area contributed by atoms with Gasteiger partial charge >= 0.3 is 0 Å². The molecule has 0 unspecified atom stereocenters. The Labute approximate surface area is 207 Å². The van der Waals surface area contributed by atoms with Crippen LogP contribution in [0.25, 0.3) is 44.9 Å². The number of nitrogens with zero attached hydrogens (tertiary/aromatic N) is 6. The first-order valence-electron chi connectivity index (χ1n) is 11.5. The molecule has 6 aromatic rings. The highest BCUT2D eigenvalue weighted by Gasteiger charge is 2.15. The number of imidazole rings is 1. The van der Waals surface area contributed by atoms with Crippen LogP contribution in [0, 0.1) is 13.8 Å². The van der Waals surface area contributed by atoms with Crippen molar-refractivity contribution in [2.75, 3.05) is 14.2 Å². The first-order chi connectivity index (χ1) is 17.6. The number of ether oxygens (including phenoxy) is 2. The molecule has 2 aromatic carbocycles. The van der Waals surface area contributed by atoms with Crippen LogP contribution in [0.1, 0.15) is 11.4 Å². The fourth-order valence-corrected chi connectivity index (χ4v) is 4.70. The van der Waals surface area contributed by atoms with Crippen LogP contribution in [0.2, 0.25) is 0 Å². The molecule has 36 heavy (non-hydrogen) atoms. The lowest BCUT2D eigenvalue weighted by molar-refractivity contribution is 0.355. The Morgan fingerprint density at radius 3 is 2.36 bits per heavy atom. The van der Waals surface area contributed by atoms with Crippen LogP contribution in [0.5, 0.6) is 11.5 Å². The quantitative estimate of drug-likeness (QED) is 0.330. The number of rotatable bonds is 5. The van der Waals surface area contributed by atoms with E-state index in [1.54, 1.807) is 20.5 Å². The van der Waals surface area contributed by atoms with Crippen molar-refractivity contribution in [3.8, 4) is 39.7 Å². The van der Waals surface area contributed by atoms with Gasteiger partial charge in [-0.3, -0.25) is 4.57 Å². The molecule has 178 valence electrons. The predicted molar refractivity (Wildman–Crippen MR) is 139 cm³/mol. The van der Waals surface area contributed by atoms with Crippen molar-refractivity contribution in [3.63, 3.8) is 0 Å². The van der Waals surface area contributed by atoms with Gasteiger partial charge in [-0.1, -0.05) is 12.1 Å². The summed E-state index contributed by atoms with van der Waals surface area (Å²) in [5.74, 6) is 1.34. The maximum Gasteiger partial charge on any atom is 0.161 e. The van der Waals surface area contributed by atoms with Gasteiger partial charge in [0.25, 0.3) is 0 Å². The maximum atomic E-state index is 5.48. The van der Waals surface area contributed by atoms with Gasteiger partial charge in [0.1, 0.15) is 12.0 Å². The minimum Gasteiger partial charge on any atom is -0.493 e. The monoisotopic (exact) mass is 476 g/mol. The lowest BCUT2D eigenvalue weighted by Gasteiger charge is -2.11. The third-order valence-corrected chi connectivity index (χ3v) is 6.38. The summed E-state index contributed by atoms with van der Waals surface area (Å²) in [6, 6.07) is 20.2. The second-order valence-electron chi connectivity index (χ2n) is 8.57. The van der Waals surface area contributed by atoms with Gasteiger partial charge in [0, 0.05) is 34.1 Å². The maximum absolute atomic E-state index is 5.48. The van der Waals surface area contributed by atoms with E-state index in [1.165, 1.54) is 0 Å². The average Bonchev–Trinajstić information content (AvgIpc) is 3.42. The zero-order valence-corrected chi connectivity index (χ0v) is 20.4. The zero-order valence-electron chi connectivity index (χ0n) is 20.4. The van der Waals surface area contributed by atoms with E-state index in [1.807, 2.05) is 48.0 Å². The van der Waals surface area contributed by atoms with Crippen molar-refractivity contribution in [2.45, 2.75) is 13.8 Å². The van der Waals surface area contributed by atoms with Crippen molar-refractivity contribution in [3.05, 3.63) is 84.6 Å². The molecule has 0 aliphatic heterocycles. The zero-order chi connectivity index (χ0) is 24.8. The van der Waals surface area contributed by atoms with Crippen LogP contribution in [0.15, 0.2) is 73.2 Å². The average molecular weight is 477 g/mol. The van der Waals surface area contributed by atoms with Crippen LogP contribution in [-0.4, -0.2) is 43.4 Å². The van der Waals surface area contributed by atoms with Crippen LogP contribution in [-0.2, 0) is 0 Å². The van der Waals surface area contributed by atoms with Crippen LogP contribution in [0.4, 0.5) is 0 Å². The highest BCUT2D eigenvalue weighted by Crippen LogP contribution is 2.33. The Morgan fingerprint density at radius 1 is 0.806 bits per heavy atom. The minimum atomic E-state index is 0.660. The van der Waals surface area contributed by atoms with Crippen molar-refractivity contribution < 1.29 is 9.47 Å². The third kappa shape index (κ3) is 3.46. The Balaban J connectivity index is 1.43. The highest BCUT2D eigenvalue weighted by molar-refractivity contribution is 5.79. The van der Waals surface area contributed by atoms with E-state index in [2.05, 4.69) is 51.8 Å². The van der Waals surface area contributed by atoms with E-state index in [0.717, 1.165) is 56.3 Å². The lowest BCUT2D eigenvalue weighted by atomic mass is 10.1. The van der Waals surface area contributed by atoms with Crippen LogP contribution in [0.3, 0.4) is 0 Å². The molecule has 0 aliphatic carbocycles. The number of aromatic nitrogens is 6. The summed E-state index contributed by atoms with van der Waals surface area (Å²) in [5.41, 5.74) is 8.46. The van der Waals surface area contributed by atoms with Crippen LogP contribution >= 0.6 is 0 Å². The summed E-state index contributed by atoms with van der Waals surface area (Å²) >= 11 is 0. The molecule has 6 rings (SSSR count). The molecule has 0 bridgehead atoms. The molecule has 8 heteroatoms. The molecule has 0 aliphatic rings. The Hall–Kier alpha value is -4.72. The predicted octanol–water partition coefficient (Wildman–Crippen LogP) is 5.43. The number of benzene rings is 2. The minimum absolute atomic E-state index is 0.660. The standard InChI is InChI=1S/C28H24N6O2/c1-17-13-21-15-29-16-30-28(21)33(17)22-8-5-19(6-9-22)27-18(2)31-26-12-10-23(32-34(26)27)20-7-11-24(35-3)25(14-20)36-4/h5-16H,1-4H3. The summed E-state index contributed by atoms with van der Waals surface area (Å²) in [5, 5.41) is 5.95. The molecule has 0 atom stereocenters. The molecule has 0 amide bonds. The van der Waals surface area contributed by atoms with Gasteiger partial charge < -0.3 is 9.47 Å². The number of hydrogen-bond donors (Lipinski definition) is 0. The molecular weight excluding hydrogens is 452 g/mol. The van der Waals surface area contributed by atoms with Crippen molar-refractivity contribution in [1.29, 1.82) is 0 Å².